The fourth-order valence-electron chi connectivity index (χ4n) is 2.35. The smallest absolute Gasteiger partial charge is 0.352 e. The molecule has 0 aliphatic heterocycles. The molecule has 3 atom stereocenters. The van der Waals surface area contributed by atoms with Crippen molar-refractivity contribution < 1.29 is 26.4 Å². The van der Waals surface area contributed by atoms with E-state index in [2.05, 4.69) is 5.32 Å². The van der Waals surface area contributed by atoms with Crippen molar-refractivity contribution in [2.24, 2.45) is 5.73 Å². The third-order valence-electron chi connectivity index (χ3n) is 4.01. The summed E-state index contributed by atoms with van der Waals surface area (Å²) in [4.78, 5) is 12.0. The van der Waals surface area contributed by atoms with Crippen molar-refractivity contribution in [2.75, 3.05) is 12.0 Å². The zero-order valence-electron chi connectivity index (χ0n) is 14.7. The molecule has 0 spiro atoms. The molecule has 0 aliphatic rings. The van der Waals surface area contributed by atoms with Gasteiger partial charge in [0.15, 0.2) is 0 Å². The summed E-state index contributed by atoms with van der Waals surface area (Å²) in [6, 6.07) is 3.54. The Morgan fingerprint density at radius 1 is 1.23 bits per heavy atom. The average Bonchev–Trinajstić information content (AvgIpc) is 2.50. The highest BCUT2D eigenvalue weighted by atomic mass is 35.5. The largest absolute Gasteiger partial charge is 0.416 e. The summed E-state index contributed by atoms with van der Waals surface area (Å²) in [6.07, 6.45) is -3.50. The summed E-state index contributed by atoms with van der Waals surface area (Å²) in [5.74, 6) is -1.43. The molecule has 0 heterocycles. The van der Waals surface area contributed by atoms with Gasteiger partial charge in [0, 0.05) is 18.2 Å². The first-order chi connectivity index (χ1) is 11.3. The van der Waals surface area contributed by atoms with Crippen LogP contribution >= 0.6 is 12.4 Å². The Morgan fingerprint density at radius 3 is 2.27 bits per heavy atom. The zero-order chi connectivity index (χ0) is 19.4. The first-order valence-electron chi connectivity index (χ1n) is 7.72. The molecule has 0 aromatic heterocycles. The van der Waals surface area contributed by atoms with Crippen molar-refractivity contribution in [3.63, 3.8) is 0 Å². The fourth-order valence-corrected chi connectivity index (χ4v) is 3.03. The molecule has 150 valence electrons. The minimum absolute atomic E-state index is 0. The number of benzene rings is 1. The Kier molecular flexibility index (Phi) is 9.08. The van der Waals surface area contributed by atoms with E-state index in [0.29, 0.717) is 0 Å². The summed E-state index contributed by atoms with van der Waals surface area (Å²) in [6.45, 7) is 3.16. The van der Waals surface area contributed by atoms with Crippen LogP contribution in [0.3, 0.4) is 0 Å². The number of carbonyl (C=O) groups excluding carboxylic acids is 1. The number of nitrogens with two attached hydrogens (primary N) is 1. The van der Waals surface area contributed by atoms with Crippen molar-refractivity contribution >= 4 is 28.2 Å². The Morgan fingerprint density at radius 2 is 1.77 bits per heavy atom. The molecule has 26 heavy (non-hydrogen) atoms. The van der Waals surface area contributed by atoms with Gasteiger partial charge in [-0.3, -0.25) is 4.79 Å². The summed E-state index contributed by atoms with van der Waals surface area (Å²) in [7, 11) is -3.25. The molecule has 1 aromatic rings. The number of sulfone groups is 1. The number of halogens is 4. The minimum atomic E-state index is -4.49. The average molecular weight is 417 g/mol. The molecule has 0 fully saturated rings. The number of amides is 1. The second kappa shape index (κ2) is 9.57. The predicted molar refractivity (Wildman–Crippen MR) is 97.0 cm³/mol. The SMILES string of the molecule is CC(NC(=O)C(N)CCS(C)(=O)=O)C(C)c1ccccc1C(F)(F)F.Cl. The molecule has 5 nitrogen and oxygen atoms in total. The van der Waals surface area contributed by atoms with E-state index in [4.69, 9.17) is 5.73 Å². The fraction of sp³-hybridized carbons (Fsp3) is 0.562. The summed E-state index contributed by atoms with van der Waals surface area (Å²) in [5, 5.41) is 2.57. The van der Waals surface area contributed by atoms with Crippen LogP contribution in [0.2, 0.25) is 0 Å². The Labute approximate surface area is 157 Å². The Balaban J connectivity index is 0.00000625. The highest BCUT2D eigenvalue weighted by molar-refractivity contribution is 7.90. The van der Waals surface area contributed by atoms with Crippen LogP contribution in [-0.4, -0.2) is 38.4 Å². The van der Waals surface area contributed by atoms with Crippen LogP contribution in [0.1, 0.15) is 37.3 Å². The van der Waals surface area contributed by atoms with Crippen LogP contribution < -0.4 is 11.1 Å². The molecule has 0 aliphatic carbocycles. The van der Waals surface area contributed by atoms with Crippen molar-refractivity contribution in [3.8, 4) is 0 Å². The number of hydrogen-bond acceptors (Lipinski definition) is 4. The lowest BCUT2D eigenvalue weighted by atomic mass is 9.90. The lowest BCUT2D eigenvalue weighted by Crippen LogP contribution is -2.46. The molecule has 10 heteroatoms. The second-order valence-electron chi connectivity index (χ2n) is 6.20. The normalized spacial score (nSPS) is 15.5. The standard InChI is InChI=1S/C16H23F3N2O3S.ClH/c1-10(12-6-4-5-7-13(12)16(17,18)19)11(2)21-15(22)14(20)8-9-25(3,23)24;/h4-7,10-11,14H,8-9,20H2,1-3H3,(H,21,22);1H. The number of rotatable bonds is 7. The van der Waals surface area contributed by atoms with Crippen LogP contribution in [0.5, 0.6) is 0 Å². The van der Waals surface area contributed by atoms with E-state index >= 15 is 0 Å². The van der Waals surface area contributed by atoms with E-state index in [1.54, 1.807) is 13.8 Å². The number of carbonyl (C=O) groups is 1. The summed E-state index contributed by atoms with van der Waals surface area (Å²) in [5.41, 5.74) is 4.99. The van der Waals surface area contributed by atoms with Gasteiger partial charge in [-0.25, -0.2) is 8.42 Å². The molecule has 0 saturated carbocycles. The van der Waals surface area contributed by atoms with Gasteiger partial charge in [-0.05, 0) is 25.0 Å². The quantitative estimate of drug-likeness (QED) is 0.714. The van der Waals surface area contributed by atoms with E-state index in [9.17, 15) is 26.4 Å². The van der Waals surface area contributed by atoms with Crippen molar-refractivity contribution in [1.82, 2.24) is 5.32 Å². The van der Waals surface area contributed by atoms with E-state index in [-0.39, 0.29) is 30.1 Å². The summed E-state index contributed by atoms with van der Waals surface area (Å²) >= 11 is 0. The first kappa shape index (κ1) is 24.7. The predicted octanol–water partition coefficient (Wildman–Crippen LogP) is 2.50. The van der Waals surface area contributed by atoms with Gasteiger partial charge in [-0.1, -0.05) is 25.1 Å². The molecule has 0 saturated heterocycles. The highest BCUT2D eigenvalue weighted by Crippen LogP contribution is 2.35. The van der Waals surface area contributed by atoms with E-state index in [1.807, 2.05) is 0 Å². The van der Waals surface area contributed by atoms with Crippen LogP contribution in [-0.2, 0) is 20.8 Å². The van der Waals surface area contributed by atoms with Crippen LogP contribution in [0.4, 0.5) is 13.2 Å². The molecular weight excluding hydrogens is 393 g/mol. The van der Waals surface area contributed by atoms with Gasteiger partial charge < -0.3 is 11.1 Å². The number of hydrogen-bond donors (Lipinski definition) is 2. The van der Waals surface area contributed by atoms with Gasteiger partial charge >= 0.3 is 6.18 Å². The van der Waals surface area contributed by atoms with Crippen molar-refractivity contribution in [2.45, 2.75) is 44.4 Å². The van der Waals surface area contributed by atoms with Crippen molar-refractivity contribution in [3.05, 3.63) is 35.4 Å². The lowest BCUT2D eigenvalue weighted by molar-refractivity contribution is -0.138. The topological polar surface area (TPSA) is 89.3 Å². The molecule has 3 N–H and O–H groups in total. The van der Waals surface area contributed by atoms with Crippen molar-refractivity contribution in [1.29, 1.82) is 0 Å². The Hall–Kier alpha value is -1.32. The second-order valence-corrected chi connectivity index (χ2v) is 8.46. The number of nitrogens with one attached hydrogen (secondary N) is 1. The van der Waals surface area contributed by atoms with Crippen LogP contribution in [0, 0.1) is 0 Å². The number of alkyl halides is 3. The third kappa shape index (κ3) is 7.51. The minimum Gasteiger partial charge on any atom is -0.352 e. The van der Waals surface area contributed by atoms with Gasteiger partial charge in [-0.15, -0.1) is 12.4 Å². The third-order valence-corrected chi connectivity index (χ3v) is 4.99. The van der Waals surface area contributed by atoms with E-state index in [0.717, 1.165) is 12.3 Å². The molecule has 1 amide bonds. The molecule has 1 aromatic carbocycles. The summed E-state index contributed by atoms with van der Waals surface area (Å²) < 4.78 is 61.6. The molecule has 0 bridgehead atoms. The Bertz CT molecular complexity index is 711. The maximum Gasteiger partial charge on any atom is 0.416 e. The van der Waals surface area contributed by atoms with Crippen LogP contribution in [0.25, 0.3) is 0 Å². The molecule has 3 unspecified atom stereocenters. The van der Waals surface area contributed by atoms with E-state index < -0.39 is 45.5 Å². The molecule has 1 rings (SSSR count). The first-order valence-corrected chi connectivity index (χ1v) is 9.78. The lowest BCUT2D eigenvalue weighted by Gasteiger charge is -2.25. The van der Waals surface area contributed by atoms with Crippen LogP contribution in [0.15, 0.2) is 24.3 Å². The van der Waals surface area contributed by atoms with Gasteiger partial charge in [0.25, 0.3) is 0 Å². The molecule has 0 radical (unpaired) electrons. The van der Waals surface area contributed by atoms with Gasteiger partial charge in [-0.2, -0.15) is 13.2 Å². The van der Waals surface area contributed by atoms with Gasteiger partial charge in [0.05, 0.1) is 17.4 Å². The van der Waals surface area contributed by atoms with Gasteiger partial charge in [0.2, 0.25) is 5.91 Å². The zero-order valence-corrected chi connectivity index (χ0v) is 16.3. The maximum absolute atomic E-state index is 13.1. The highest BCUT2D eigenvalue weighted by Gasteiger charge is 2.35. The van der Waals surface area contributed by atoms with E-state index in [1.165, 1.54) is 18.2 Å². The molecular formula is C16H24ClF3N2O3S. The monoisotopic (exact) mass is 416 g/mol. The van der Waals surface area contributed by atoms with Gasteiger partial charge in [0.1, 0.15) is 9.84 Å². The maximum atomic E-state index is 13.1.